The second-order valence-electron chi connectivity index (χ2n) is 7.51. The van der Waals surface area contributed by atoms with Crippen LogP contribution in [0.25, 0.3) is 0 Å². The molecule has 176 valence electrons. The molecule has 2 aromatic rings. The van der Waals surface area contributed by atoms with Crippen molar-refractivity contribution in [2.45, 2.75) is 41.5 Å². The predicted octanol–water partition coefficient (Wildman–Crippen LogP) is 4.48. The number of hydrogen-bond donors (Lipinski definition) is 0. The van der Waals surface area contributed by atoms with E-state index in [1.54, 1.807) is 0 Å². The number of ketones is 6. The highest BCUT2D eigenvalue weighted by molar-refractivity contribution is 6.16. The molecule has 0 aliphatic carbocycles. The zero-order valence-corrected chi connectivity index (χ0v) is 19.5. The Labute approximate surface area is 195 Å². The van der Waals surface area contributed by atoms with E-state index in [0.717, 1.165) is 27.7 Å². The fraction of sp³-hybridized carbons (Fsp3) is 0.240. The van der Waals surface area contributed by atoms with Gasteiger partial charge < -0.3 is 9.47 Å². The summed E-state index contributed by atoms with van der Waals surface area (Å²) in [5, 5.41) is 0. The van der Waals surface area contributed by atoms with Crippen molar-refractivity contribution >= 4 is 40.9 Å². The fourth-order valence-electron chi connectivity index (χ4n) is 3.55. The summed E-state index contributed by atoms with van der Waals surface area (Å²) in [6.07, 6.45) is -1.37. The molecular formula is C25H22O9. The zero-order chi connectivity index (χ0) is 25.9. The topological polar surface area (TPSA) is 138 Å². The van der Waals surface area contributed by atoms with Crippen molar-refractivity contribution in [1.82, 2.24) is 0 Å². The van der Waals surface area contributed by atoms with Gasteiger partial charge in [-0.3, -0.25) is 28.8 Å². The van der Waals surface area contributed by atoms with Crippen LogP contribution in [-0.4, -0.2) is 40.9 Å². The Kier molecular flexibility index (Phi) is 7.73. The van der Waals surface area contributed by atoms with Crippen LogP contribution in [-0.2, 0) is 0 Å². The lowest BCUT2D eigenvalue weighted by molar-refractivity contribution is 0.0963. The van der Waals surface area contributed by atoms with Crippen molar-refractivity contribution in [2.75, 3.05) is 0 Å². The number of carbonyl (C=O) groups is 7. The molecular weight excluding hydrogens is 444 g/mol. The van der Waals surface area contributed by atoms with E-state index in [9.17, 15) is 33.6 Å². The lowest BCUT2D eigenvalue weighted by Crippen LogP contribution is -2.20. The average molecular weight is 466 g/mol. The Hall–Kier alpha value is -4.27. The first kappa shape index (κ1) is 26.0. The van der Waals surface area contributed by atoms with Gasteiger partial charge in [-0.2, -0.15) is 0 Å². The Morgan fingerprint density at radius 2 is 0.735 bits per heavy atom. The van der Waals surface area contributed by atoms with E-state index in [4.69, 9.17) is 9.47 Å². The first-order valence-electron chi connectivity index (χ1n) is 10.1. The van der Waals surface area contributed by atoms with Crippen LogP contribution in [0.3, 0.4) is 0 Å². The second kappa shape index (κ2) is 10.1. The number of Topliss-reactive ketones (excluding diaryl/α,β-unsaturated/α-hetero) is 6. The summed E-state index contributed by atoms with van der Waals surface area (Å²) in [6, 6.07) is 4.83. The van der Waals surface area contributed by atoms with Gasteiger partial charge in [0.15, 0.2) is 34.7 Å². The van der Waals surface area contributed by atoms with Gasteiger partial charge in [0.05, 0.1) is 11.1 Å². The maximum atomic E-state index is 12.6. The molecule has 0 bridgehead atoms. The largest absolute Gasteiger partial charge is 0.519 e. The van der Waals surface area contributed by atoms with E-state index in [-0.39, 0.29) is 44.9 Å². The van der Waals surface area contributed by atoms with Crippen LogP contribution in [0.1, 0.15) is 104 Å². The summed E-state index contributed by atoms with van der Waals surface area (Å²) >= 11 is 0. The normalized spacial score (nSPS) is 10.3. The molecule has 0 spiro atoms. The Morgan fingerprint density at radius 1 is 0.441 bits per heavy atom. The Morgan fingerprint density at radius 3 is 0.971 bits per heavy atom. The van der Waals surface area contributed by atoms with Crippen molar-refractivity contribution in [2.24, 2.45) is 0 Å². The molecule has 0 amide bonds. The molecule has 0 heterocycles. The molecule has 2 rings (SSSR count). The molecule has 34 heavy (non-hydrogen) atoms. The first-order valence-corrected chi connectivity index (χ1v) is 10.1. The smallest absolute Gasteiger partial charge is 0.394 e. The van der Waals surface area contributed by atoms with Gasteiger partial charge >= 0.3 is 6.16 Å². The second-order valence-corrected chi connectivity index (χ2v) is 7.51. The minimum Gasteiger partial charge on any atom is -0.394 e. The van der Waals surface area contributed by atoms with Gasteiger partial charge in [-0.15, -0.1) is 0 Å². The van der Waals surface area contributed by atoms with Gasteiger partial charge in [0.25, 0.3) is 0 Å². The molecule has 0 fully saturated rings. The molecule has 0 saturated heterocycles. The van der Waals surface area contributed by atoms with Gasteiger partial charge in [0.2, 0.25) is 0 Å². The van der Waals surface area contributed by atoms with Crippen LogP contribution < -0.4 is 9.47 Å². The summed E-state index contributed by atoms with van der Waals surface area (Å²) in [5.74, 6) is -4.02. The molecule has 0 aliphatic heterocycles. The molecule has 2 aromatic carbocycles. The number of carbonyl (C=O) groups excluding carboxylic acids is 7. The summed E-state index contributed by atoms with van der Waals surface area (Å²) in [6.45, 7) is 7.04. The van der Waals surface area contributed by atoms with Gasteiger partial charge in [0, 0.05) is 22.3 Å². The number of rotatable bonds is 8. The van der Waals surface area contributed by atoms with Gasteiger partial charge in [-0.05, 0) is 65.8 Å². The fourth-order valence-corrected chi connectivity index (χ4v) is 3.55. The van der Waals surface area contributed by atoms with Crippen LogP contribution in [0.15, 0.2) is 24.3 Å². The Bertz CT molecular complexity index is 1180. The minimum absolute atomic E-state index is 0.0109. The molecule has 0 saturated carbocycles. The van der Waals surface area contributed by atoms with Crippen molar-refractivity contribution < 1.29 is 43.0 Å². The molecule has 0 unspecified atom stereocenters. The third-order valence-electron chi connectivity index (χ3n) is 4.89. The summed E-state index contributed by atoms with van der Waals surface area (Å²) in [5.41, 5.74) is -0.967. The van der Waals surface area contributed by atoms with Crippen LogP contribution in [0.2, 0.25) is 0 Å². The molecule has 0 radical (unpaired) electrons. The van der Waals surface area contributed by atoms with Crippen LogP contribution in [0.4, 0.5) is 4.79 Å². The number of benzene rings is 2. The van der Waals surface area contributed by atoms with E-state index >= 15 is 0 Å². The van der Waals surface area contributed by atoms with E-state index in [0.29, 0.717) is 0 Å². The van der Waals surface area contributed by atoms with Gasteiger partial charge in [-0.1, -0.05) is 0 Å². The van der Waals surface area contributed by atoms with Gasteiger partial charge in [-0.25, -0.2) is 4.79 Å². The first-order chi connectivity index (χ1) is 15.8. The SMILES string of the molecule is CC(=O)c1ccc(OC(=O)Oc2ccc(C(C)=O)c(C(C)=O)c2C(C)=O)c(C(C)=O)c1C(C)=O. The predicted molar refractivity (Wildman–Crippen MR) is 120 cm³/mol. The maximum absolute atomic E-state index is 12.6. The highest BCUT2D eigenvalue weighted by Crippen LogP contribution is 2.30. The van der Waals surface area contributed by atoms with Crippen LogP contribution in [0.5, 0.6) is 11.5 Å². The van der Waals surface area contributed by atoms with E-state index < -0.39 is 40.9 Å². The van der Waals surface area contributed by atoms with Crippen molar-refractivity contribution in [3.63, 3.8) is 0 Å². The quantitative estimate of drug-likeness (QED) is 0.313. The van der Waals surface area contributed by atoms with E-state index in [1.807, 2.05) is 0 Å². The number of hydrogen-bond acceptors (Lipinski definition) is 9. The highest BCUT2D eigenvalue weighted by Gasteiger charge is 2.27. The number of ether oxygens (including phenoxy) is 2. The van der Waals surface area contributed by atoms with E-state index in [2.05, 4.69) is 0 Å². The van der Waals surface area contributed by atoms with Crippen molar-refractivity contribution in [3.8, 4) is 11.5 Å². The van der Waals surface area contributed by atoms with E-state index in [1.165, 1.54) is 38.1 Å². The van der Waals surface area contributed by atoms with Crippen molar-refractivity contribution in [1.29, 1.82) is 0 Å². The standard InChI is InChI=1S/C25H22O9/c1-11(26)17-7-9-19(23(15(5)30)21(17)13(3)28)33-25(32)34-20-10-8-18(12(2)27)22(14(4)29)24(20)16(6)31/h7-10H,1-6H3. The summed E-state index contributed by atoms with van der Waals surface area (Å²) in [4.78, 5) is 85.2. The third-order valence-corrected chi connectivity index (χ3v) is 4.89. The van der Waals surface area contributed by atoms with Crippen LogP contribution >= 0.6 is 0 Å². The zero-order valence-electron chi connectivity index (χ0n) is 19.5. The van der Waals surface area contributed by atoms with Crippen LogP contribution in [0, 0.1) is 0 Å². The molecule has 9 heteroatoms. The average Bonchev–Trinajstić information content (AvgIpc) is 2.71. The van der Waals surface area contributed by atoms with Gasteiger partial charge in [0.1, 0.15) is 11.5 Å². The third kappa shape index (κ3) is 5.20. The van der Waals surface area contributed by atoms with Crippen molar-refractivity contribution in [3.05, 3.63) is 57.6 Å². The minimum atomic E-state index is -1.37. The molecule has 0 aromatic heterocycles. The lowest BCUT2D eigenvalue weighted by atomic mass is 9.93. The molecule has 0 N–H and O–H groups in total. The molecule has 9 nitrogen and oxygen atoms in total. The Balaban J connectivity index is 2.58. The molecule has 0 aliphatic rings. The maximum Gasteiger partial charge on any atom is 0.519 e. The highest BCUT2D eigenvalue weighted by atomic mass is 16.7. The lowest BCUT2D eigenvalue weighted by Gasteiger charge is -2.16. The summed E-state index contributed by atoms with van der Waals surface area (Å²) in [7, 11) is 0. The summed E-state index contributed by atoms with van der Waals surface area (Å²) < 4.78 is 10.3. The molecule has 0 atom stereocenters. The monoisotopic (exact) mass is 466 g/mol.